The molecule has 7 nitrogen and oxygen atoms in total. The minimum atomic E-state index is -1.35. The van der Waals surface area contributed by atoms with Gasteiger partial charge in [0, 0.05) is 12.1 Å². The maximum Gasteiger partial charge on any atom is 0.339 e. The largest absolute Gasteiger partial charge is 0.449 e. The number of nitrogens with one attached hydrogen (secondary N) is 1. The zero-order valence-electron chi connectivity index (χ0n) is 14.2. The van der Waals surface area contributed by atoms with E-state index in [4.69, 9.17) is 4.74 Å². The summed E-state index contributed by atoms with van der Waals surface area (Å²) in [5.41, 5.74) is -0.783. The quantitative estimate of drug-likeness (QED) is 0.345. The van der Waals surface area contributed by atoms with Crippen molar-refractivity contribution in [2.45, 2.75) is 17.9 Å². The maximum absolute atomic E-state index is 13.6. The summed E-state index contributed by atoms with van der Waals surface area (Å²) in [6.07, 6.45) is 0.303. The summed E-state index contributed by atoms with van der Waals surface area (Å²) in [5.74, 6) is -3.46. The second-order valence-electron chi connectivity index (χ2n) is 5.30. The van der Waals surface area contributed by atoms with E-state index >= 15 is 0 Å². The van der Waals surface area contributed by atoms with Crippen LogP contribution in [0.4, 0.5) is 20.2 Å². The average molecular weight is 396 g/mol. The van der Waals surface area contributed by atoms with Crippen LogP contribution in [0.25, 0.3) is 0 Å². The fourth-order valence-corrected chi connectivity index (χ4v) is 2.62. The second kappa shape index (κ2) is 8.58. The first-order valence-electron chi connectivity index (χ1n) is 7.52. The molecule has 2 aromatic carbocycles. The van der Waals surface area contributed by atoms with Crippen LogP contribution in [0.3, 0.4) is 0 Å². The highest BCUT2D eigenvalue weighted by Gasteiger charge is 2.23. The van der Waals surface area contributed by atoms with Crippen molar-refractivity contribution in [3.63, 3.8) is 0 Å². The smallest absolute Gasteiger partial charge is 0.339 e. The highest BCUT2D eigenvalue weighted by atomic mass is 32.2. The zero-order valence-corrected chi connectivity index (χ0v) is 15.0. The fourth-order valence-electron chi connectivity index (χ4n) is 2.07. The molecule has 0 saturated heterocycles. The molecule has 0 fully saturated rings. The molecule has 27 heavy (non-hydrogen) atoms. The third-order valence-corrected chi connectivity index (χ3v) is 4.24. The summed E-state index contributed by atoms with van der Waals surface area (Å²) < 4.78 is 31.6. The number of nitro groups is 1. The van der Waals surface area contributed by atoms with Gasteiger partial charge in [-0.15, -0.1) is 11.8 Å². The van der Waals surface area contributed by atoms with Gasteiger partial charge in [0.05, 0.1) is 21.1 Å². The first-order valence-corrected chi connectivity index (χ1v) is 8.74. The van der Waals surface area contributed by atoms with Crippen LogP contribution in [0.2, 0.25) is 0 Å². The molecule has 1 atom stereocenters. The van der Waals surface area contributed by atoms with E-state index in [0.29, 0.717) is 4.90 Å². The lowest BCUT2D eigenvalue weighted by Gasteiger charge is -2.14. The van der Waals surface area contributed by atoms with Crippen LogP contribution >= 0.6 is 11.8 Å². The third-order valence-electron chi connectivity index (χ3n) is 3.45. The Morgan fingerprint density at radius 3 is 2.56 bits per heavy atom. The minimum absolute atomic E-state index is 0.115. The lowest BCUT2D eigenvalue weighted by atomic mass is 10.2. The molecule has 0 bridgehead atoms. The van der Waals surface area contributed by atoms with Crippen molar-refractivity contribution in [1.82, 2.24) is 0 Å². The number of benzene rings is 2. The van der Waals surface area contributed by atoms with Gasteiger partial charge in [-0.05, 0) is 37.4 Å². The molecule has 0 radical (unpaired) electrons. The molecule has 2 aromatic rings. The lowest BCUT2D eigenvalue weighted by molar-refractivity contribution is -0.387. The molecule has 0 heterocycles. The van der Waals surface area contributed by atoms with E-state index < -0.39 is 40.2 Å². The number of halogens is 2. The maximum atomic E-state index is 13.6. The highest BCUT2D eigenvalue weighted by molar-refractivity contribution is 7.98. The lowest BCUT2D eigenvalue weighted by Crippen LogP contribution is -2.30. The Labute approximate surface area is 156 Å². The number of amides is 1. The van der Waals surface area contributed by atoms with Crippen LogP contribution in [-0.4, -0.2) is 29.2 Å². The molecule has 2 rings (SSSR count). The monoisotopic (exact) mass is 396 g/mol. The summed E-state index contributed by atoms with van der Waals surface area (Å²) in [4.78, 5) is 35.0. The first-order chi connectivity index (χ1) is 12.7. The van der Waals surface area contributed by atoms with Gasteiger partial charge in [-0.3, -0.25) is 14.9 Å². The van der Waals surface area contributed by atoms with Gasteiger partial charge in [0.15, 0.2) is 6.10 Å². The molecule has 10 heteroatoms. The van der Waals surface area contributed by atoms with Crippen molar-refractivity contribution in [1.29, 1.82) is 0 Å². The molecule has 0 aromatic heterocycles. The van der Waals surface area contributed by atoms with Gasteiger partial charge in [0.2, 0.25) is 0 Å². The summed E-state index contributed by atoms with van der Waals surface area (Å²) >= 11 is 1.14. The van der Waals surface area contributed by atoms with E-state index in [1.54, 1.807) is 6.26 Å². The standard InChI is InChI=1S/C17H14F2N2O5S/c1-9(16(22)20-13-8-11(18)4-5-12(13)19)26-17(23)10-3-6-15(27-2)14(7-10)21(24)25/h3-9H,1-2H3,(H,20,22)/t9-/m0/s1. The van der Waals surface area contributed by atoms with Crippen molar-refractivity contribution < 1.29 is 28.0 Å². The molecule has 0 saturated carbocycles. The number of carbonyl (C=O) groups excluding carboxylic acids is 2. The average Bonchev–Trinajstić information content (AvgIpc) is 2.63. The van der Waals surface area contributed by atoms with E-state index in [1.165, 1.54) is 19.1 Å². The van der Waals surface area contributed by atoms with Crippen LogP contribution in [-0.2, 0) is 9.53 Å². The summed E-state index contributed by atoms with van der Waals surface area (Å²) in [5, 5.41) is 13.2. The number of ether oxygens (including phenoxy) is 1. The van der Waals surface area contributed by atoms with Crippen molar-refractivity contribution in [3.8, 4) is 0 Å². The Morgan fingerprint density at radius 2 is 1.93 bits per heavy atom. The van der Waals surface area contributed by atoms with Crippen LogP contribution < -0.4 is 5.32 Å². The van der Waals surface area contributed by atoms with Crippen LogP contribution in [0.15, 0.2) is 41.3 Å². The number of nitro benzene ring substituents is 1. The number of anilines is 1. The molecule has 0 aliphatic rings. The van der Waals surface area contributed by atoms with Crippen LogP contribution in [0.5, 0.6) is 0 Å². The number of hydrogen-bond acceptors (Lipinski definition) is 6. The molecule has 0 aliphatic heterocycles. The summed E-state index contributed by atoms with van der Waals surface area (Å²) in [6, 6.07) is 6.29. The van der Waals surface area contributed by atoms with Gasteiger partial charge in [-0.25, -0.2) is 13.6 Å². The topological polar surface area (TPSA) is 98.5 Å². The van der Waals surface area contributed by atoms with Gasteiger partial charge >= 0.3 is 5.97 Å². The second-order valence-corrected chi connectivity index (χ2v) is 6.15. The molecule has 142 valence electrons. The third kappa shape index (κ3) is 5.00. The molecular weight excluding hydrogens is 382 g/mol. The Balaban J connectivity index is 2.10. The molecule has 0 spiro atoms. The fraction of sp³-hybridized carbons (Fsp3) is 0.176. The summed E-state index contributed by atoms with van der Waals surface area (Å²) in [7, 11) is 0. The zero-order chi connectivity index (χ0) is 20.1. The molecule has 0 aliphatic carbocycles. The highest BCUT2D eigenvalue weighted by Crippen LogP contribution is 2.28. The molecular formula is C17H14F2N2O5S. The number of rotatable bonds is 6. The number of carbonyl (C=O) groups is 2. The van der Waals surface area contributed by atoms with Crippen molar-refractivity contribution >= 4 is 35.0 Å². The predicted octanol–water partition coefficient (Wildman–Crippen LogP) is 3.78. The van der Waals surface area contributed by atoms with Crippen LogP contribution in [0.1, 0.15) is 17.3 Å². The van der Waals surface area contributed by atoms with Crippen molar-refractivity contribution in [3.05, 3.63) is 63.7 Å². The van der Waals surface area contributed by atoms with Crippen molar-refractivity contribution in [2.75, 3.05) is 11.6 Å². The SMILES string of the molecule is CSc1ccc(C(=O)O[C@@H](C)C(=O)Nc2cc(F)ccc2F)cc1[N+](=O)[O-]. The Morgan fingerprint density at radius 1 is 1.22 bits per heavy atom. The summed E-state index contributed by atoms with van der Waals surface area (Å²) in [6.45, 7) is 1.23. The molecule has 0 unspecified atom stereocenters. The molecule has 1 amide bonds. The first kappa shape index (κ1) is 20.3. The van der Waals surface area contributed by atoms with Crippen molar-refractivity contribution in [2.24, 2.45) is 0 Å². The van der Waals surface area contributed by atoms with Gasteiger partial charge in [-0.2, -0.15) is 0 Å². The van der Waals surface area contributed by atoms with E-state index in [9.17, 15) is 28.5 Å². The Kier molecular flexibility index (Phi) is 6.45. The Bertz CT molecular complexity index is 907. The van der Waals surface area contributed by atoms with Gasteiger partial charge in [-0.1, -0.05) is 0 Å². The molecule has 1 N–H and O–H groups in total. The number of thioether (sulfide) groups is 1. The van der Waals surface area contributed by atoms with E-state index in [-0.39, 0.29) is 11.3 Å². The van der Waals surface area contributed by atoms with E-state index in [0.717, 1.165) is 36.0 Å². The van der Waals surface area contributed by atoms with Gasteiger partial charge < -0.3 is 10.1 Å². The van der Waals surface area contributed by atoms with E-state index in [2.05, 4.69) is 5.32 Å². The number of hydrogen-bond donors (Lipinski definition) is 1. The van der Waals surface area contributed by atoms with Gasteiger partial charge in [0.25, 0.3) is 11.6 Å². The number of esters is 1. The van der Waals surface area contributed by atoms with Gasteiger partial charge in [0.1, 0.15) is 11.6 Å². The van der Waals surface area contributed by atoms with E-state index in [1.807, 2.05) is 0 Å². The number of nitrogens with zero attached hydrogens (tertiary/aromatic N) is 1. The minimum Gasteiger partial charge on any atom is -0.449 e. The van der Waals surface area contributed by atoms with Crippen LogP contribution in [0, 0.1) is 21.7 Å². The normalized spacial score (nSPS) is 11.6. The predicted molar refractivity (Wildman–Crippen MR) is 94.7 cm³/mol. The Hall–Kier alpha value is -3.01.